The van der Waals surface area contributed by atoms with Crippen molar-refractivity contribution in [2.75, 3.05) is 0 Å². The molecule has 2 fully saturated rings. The quantitative estimate of drug-likeness (QED) is 0.378. The molecule has 0 aliphatic heterocycles. The van der Waals surface area contributed by atoms with Crippen molar-refractivity contribution in [2.45, 2.75) is 104 Å². The molecule has 0 N–H and O–H groups in total. The summed E-state index contributed by atoms with van der Waals surface area (Å²) < 4.78 is 0. The minimum Gasteiger partial charge on any atom is -0.0654 e. The first-order chi connectivity index (χ1) is 9.85. The van der Waals surface area contributed by atoms with Gasteiger partial charge in [-0.3, -0.25) is 0 Å². The molecular weight excluding hydrogens is 240 g/mol. The third kappa shape index (κ3) is 5.41. The molecule has 3 unspecified atom stereocenters. The predicted octanol–water partition coefficient (Wildman–Crippen LogP) is 6.98. The van der Waals surface area contributed by atoms with Crippen molar-refractivity contribution in [2.24, 2.45) is 23.7 Å². The SMILES string of the molecule is CCCCCCC(CCC)CC1CCCCC1C1CC1. The summed E-state index contributed by atoms with van der Waals surface area (Å²) in [7, 11) is 0. The van der Waals surface area contributed by atoms with Gasteiger partial charge in [0.1, 0.15) is 0 Å². The fourth-order valence-electron chi connectivity index (χ4n) is 4.75. The van der Waals surface area contributed by atoms with E-state index in [0.29, 0.717) is 0 Å². The minimum absolute atomic E-state index is 1.06. The second-order valence-corrected chi connectivity index (χ2v) is 7.79. The van der Waals surface area contributed by atoms with Crippen molar-refractivity contribution in [1.29, 1.82) is 0 Å². The highest BCUT2D eigenvalue weighted by molar-refractivity contribution is 4.88. The minimum atomic E-state index is 1.06. The molecule has 2 rings (SSSR count). The first-order valence-corrected chi connectivity index (χ1v) is 9.85. The Morgan fingerprint density at radius 3 is 2.30 bits per heavy atom. The molecule has 2 saturated carbocycles. The Bertz CT molecular complexity index is 240. The summed E-state index contributed by atoms with van der Waals surface area (Å²) >= 11 is 0. The van der Waals surface area contributed by atoms with Gasteiger partial charge in [-0.2, -0.15) is 0 Å². The third-order valence-corrected chi connectivity index (χ3v) is 5.99. The fraction of sp³-hybridized carbons (Fsp3) is 1.00. The largest absolute Gasteiger partial charge is 0.0654 e. The summed E-state index contributed by atoms with van der Waals surface area (Å²) in [4.78, 5) is 0. The molecule has 20 heavy (non-hydrogen) atoms. The van der Waals surface area contributed by atoms with Gasteiger partial charge in [-0.25, -0.2) is 0 Å². The van der Waals surface area contributed by atoms with Crippen LogP contribution in [0, 0.1) is 23.7 Å². The van der Waals surface area contributed by atoms with E-state index in [4.69, 9.17) is 0 Å². The molecule has 0 bridgehead atoms. The molecule has 0 aromatic heterocycles. The monoisotopic (exact) mass is 278 g/mol. The zero-order chi connectivity index (χ0) is 14.2. The lowest BCUT2D eigenvalue weighted by Gasteiger charge is -2.34. The molecule has 0 nitrogen and oxygen atoms in total. The maximum atomic E-state index is 2.39. The van der Waals surface area contributed by atoms with Crippen LogP contribution in [0.25, 0.3) is 0 Å². The van der Waals surface area contributed by atoms with E-state index in [9.17, 15) is 0 Å². The molecule has 0 heteroatoms. The molecule has 2 aliphatic carbocycles. The van der Waals surface area contributed by atoms with Crippen LogP contribution in [0.1, 0.15) is 104 Å². The molecule has 0 aromatic carbocycles. The van der Waals surface area contributed by atoms with Crippen molar-refractivity contribution in [3.63, 3.8) is 0 Å². The lowest BCUT2D eigenvalue weighted by atomic mass is 9.71. The van der Waals surface area contributed by atoms with Gasteiger partial charge in [0.15, 0.2) is 0 Å². The van der Waals surface area contributed by atoms with Crippen LogP contribution in [-0.2, 0) is 0 Å². The molecule has 2 aliphatic rings. The van der Waals surface area contributed by atoms with Gasteiger partial charge in [0.05, 0.1) is 0 Å². The van der Waals surface area contributed by atoms with Crippen LogP contribution in [-0.4, -0.2) is 0 Å². The van der Waals surface area contributed by atoms with E-state index in [-0.39, 0.29) is 0 Å². The first-order valence-electron chi connectivity index (χ1n) is 9.85. The van der Waals surface area contributed by atoms with E-state index in [1.165, 1.54) is 57.8 Å². The summed E-state index contributed by atoms with van der Waals surface area (Å²) in [6.45, 7) is 4.71. The Morgan fingerprint density at radius 1 is 0.800 bits per heavy atom. The zero-order valence-corrected chi connectivity index (χ0v) is 14.2. The lowest BCUT2D eigenvalue weighted by molar-refractivity contribution is 0.166. The maximum absolute atomic E-state index is 2.39. The number of unbranched alkanes of at least 4 members (excludes halogenated alkanes) is 3. The summed E-state index contributed by atoms with van der Waals surface area (Å²) in [5.74, 6) is 4.46. The molecule has 0 heterocycles. The summed E-state index contributed by atoms with van der Waals surface area (Å²) in [5, 5.41) is 0. The Hall–Kier alpha value is 0. The van der Waals surface area contributed by atoms with Gasteiger partial charge in [0, 0.05) is 0 Å². The van der Waals surface area contributed by atoms with E-state index in [1.807, 2.05) is 0 Å². The lowest BCUT2D eigenvalue weighted by Crippen LogP contribution is -2.24. The Kier molecular flexibility index (Phi) is 7.45. The summed E-state index contributed by atoms with van der Waals surface area (Å²) in [5.41, 5.74) is 0. The van der Waals surface area contributed by atoms with Gasteiger partial charge >= 0.3 is 0 Å². The van der Waals surface area contributed by atoms with Crippen molar-refractivity contribution >= 4 is 0 Å². The van der Waals surface area contributed by atoms with E-state index < -0.39 is 0 Å². The molecule has 118 valence electrons. The molecule has 0 saturated heterocycles. The van der Waals surface area contributed by atoms with Crippen molar-refractivity contribution < 1.29 is 0 Å². The highest BCUT2D eigenvalue weighted by Crippen LogP contribution is 2.49. The molecular formula is C20H38. The third-order valence-electron chi connectivity index (χ3n) is 5.99. The fourth-order valence-corrected chi connectivity index (χ4v) is 4.75. The Morgan fingerprint density at radius 2 is 1.60 bits per heavy atom. The van der Waals surface area contributed by atoms with Crippen molar-refractivity contribution in [3.05, 3.63) is 0 Å². The van der Waals surface area contributed by atoms with Crippen molar-refractivity contribution in [1.82, 2.24) is 0 Å². The molecule has 0 amide bonds. The van der Waals surface area contributed by atoms with Gasteiger partial charge in [0.25, 0.3) is 0 Å². The van der Waals surface area contributed by atoms with E-state index in [0.717, 1.165) is 23.7 Å². The first kappa shape index (κ1) is 16.4. The van der Waals surface area contributed by atoms with E-state index in [1.54, 1.807) is 32.1 Å². The van der Waals surface area contributed by atoms with Crippen LogP contribution in [0.15, 0.2) is 0 Å². The highest BCUT2D eigenvalue weighted by atomic mass is 14.4. The normalized spacial score (nSPS) is 28.5. The van der Waals surface area contributed by atoms with Gasteiger partial charge in [0.2, 0.25) is 0 Å². The predicted molar refractivity (Wildman–Crippen MR) is 89.9 cm³/mol. The standard InChI is InChI=1S/C20H38/c1-3-5-6-7-11-17(10-4-2)16-19-12-8-9-13-20(19)18-14-15-18/h17-20H,3-16H2,1-2H3. The van der Waals surface area contributed by atoms with Gasteiger partial charge < -0.3 is 0 Å². The topological polar surface area (TPSA) is 0 Å². The average molecular weight is 279 g/mol. The number of hydrogen-bond acceptors (Lipinski definition) is 0. The zero-order valence-electron chi connectivity index (χ0n) is 14.2. The Balaban J connectivity index is 1.75. The van der Waals surface area contributed by atoms with E-state index in [2.05, 4.69) is 13.8 Å². The molecule has 0 aromatic rings. The summed E-state index contributed by atoms with van der Waals surface area (Å²) in [6.07, 6.45) is 21.2. The van der Waals surface area contributed by atoms with Crippen LogP contribution in [0.4, 0.5) is 0 Å². The molecule has 0 radical (unpaired) electrons. The second-order valence-electron chi connectivity index (χ2n) is 7.79. The average Bonchev–Trinajstić information content (AvgIpc) is 3.29. The number of rotatable bonds is 10. The van der Waals surface area contributed by atoms with Gasteiger partial charge in [-0.05, 0) is 49.4 Å². The van der Waals surface area contributed by atoms with Crippen LogP contribution in [0.5, 0.6) is 0 Å². The van der Waals surface area contributed by atoms with Gasteiger partial charge in [-0.15, -0.1) is 0 Å². The molecule has 3 atom stereocenters. The van der Waals surface area contributed by atoms with E-state index >= 15 is 0 Å². The van der Waals surface area contributed by atoms with Crippen LogP contribution in [0.2, 0.25) is 0 Å². The van der Waals surface area contributed by atoms with Crippen LogP contribution >= 0.6 is 0 Å². The van der Waals surface area contributed by atoms with Gasteiger partial charge in [-0.1, -0.05) is 78.1 Å². The Labute approximate surface area is 128 Å². The summed E-state index contributed by atoms with van der Waals surface area (Å²) in [6, 6.07) is 0. The van der Waals surface area contributed by atoms with Crippen molar-refractivity contribution in [3.8, 4) is 0 Å². The maximum Gasteiger partial charge on any atom is -0.0357 e. The molecule has 0 spiro atoms. The smallest absolute Gasteiger partial charge is 0.0357 e. The van der Waals surface area contributed by atoms with Crippen LogP contribution < -0.4 is 0 Å². The second kappa shape index (κ2) is 9.11. The van der Waals surface area contributed by atoms with Crippen LogP contribution in [0.3, 0.4) is 0 Å². The highest BCUT2D eigenvalue weighted by Gasteiger charge is 2.38. The number of hydrogen-bond donors (Lipinski definition) is 0.